The summed E-state index contributed by atoms with van der Waals surface area (Å²) in [6.45, 7) is 10.1. The molecule has 0 bridgehead atoms. The Balaban J connectivity index is 1.84. The summed E-state index contributed by atoms with van der Waals surface area (Å²) in [5, 5.41) is 9.95. The molecule has 1 heterocycles. The number of benzene rings is 2. The van der Waals surface area contributed by atoms with Crippen LogP contribution in [0.1, 0.15) is 70.8 Å². The topological polar surface area (TPSA) is 152 Å². The highest BCUT2D eigenvalue weighted by molar-refractivity contribution is 14.1. The third-order valence-corrected chi connectivity index (χ3v) is 10.3. The van der Waals surface area contributed by atoms with Crippen molar-refractivity contribution in [2.45, 2.75) is 66.6 Å². The Morgan fingerprint density at radius 3 is 1.93 bits per heavy atom. The molecule has 1 N–H and O–H groups in total. The molecule has 2 atom stereocenters. The summed E-state index contributed by atoms with van der Waals surface area (Å²) in [5.74, 6) is -4.01. The van der Waals surface area contributed by atoms with E-state index >= 15 is 0 Å². The van der Waals surface area contributed by atoms with E-state index in [0.29, 0.717) is 12.7 Å². The molecule has 250 valence electrons. The lowest BCUT2D eigenvalue weighted by molar-refractivity contribution is -0.205. The maximum atomic E-state index is 14.0. The normalized spacial score (nSPS) is 16.5. The molecule has 2 unspecified atom stereocenters. The van der Waals surface area contributed by atoms with Gasteiger partial charge < -0.3 is 28.8 Å². The van der Waals surface area contributed by atoms with E-state index in [0.717, 1.165) is 0 Å². The molecule has 1 aliphatic rings. The summed E-state index contributed by atoms with van der Waals surface area (Å²) in [5.41, 5.74) is -5.57. The van der Waals surface area contributed by atoms with Crippen LogP contribution in [0.2, 0.25) is 0 Å². The number of esters is 5. The van der Waals surface area contributed by atoms with Gasteiger partial charge >= 0.3 is 29.8 Å². The van der Waals surface area contributed by atoms with Gasteiger partial charge in [-0.1, -0.05) is 30.3 Å². The van der Waals surface area contributed by atoms with Crippen LogP contribution in [0.15, 0.2) is 42.5 Å². The first-order chi connectivity index (χ1) is 21.3. The number of phenols is 1. The SMILES string of the molecule is CC(C)(OC(=O)C(C)(C)C(C)(C(=O)OC1CCOC1=O)C(C)(C)C(=O)OCCOC(=O)c1cc(I)c(O)c(I)c1)c1ccccc1. The van der Waals surface area contributed by atoms with Crippen molar-refractivity contribution in [3.63, 3.8) is 0 Å². The maximum absolute atomic E-state index is 14.0. The standard InChI is InChI=1S/C33H38I2O11/c1-30(2,27(39)44-16-15-43-25(37)19-17-21(34)24(36)22(35)18-19)33(7,29(41)45-23-13-14-42-26(23)38)31(3,4)28(40)46-32(5,6)20-11-9-8-10-12-20/h8-12,17-18,23,36H,13-16H2,1-7H3. The molecule has 0 spiro atoms. The number of aromatic hydroxyl groups is 1. The second-order valence-corrected chi connectivity index (χ2v) is 14.9. The van der Waals surface area contributed by atoms with Gasteiger partial charge in [-0.2, -0.15) is 0 Å². The van der Waals surface area contributed by atoms with Crippen LogP contribution in [0.25, 0.3) is 0 Å². The van der Waals surface area contributed by atoms with Gasteiger partial charge in [-0.15, -0.1) is 0 Å². The molecule has 0 saturated carbocycles. The summed E-state index contributed by atoms with van der Waals surface area (Å²) < 4.78 is 28.2. The van der Waals surface area contributed by atoms with E-state index < -0.39 is 57.8 Å². The molecule has 2 aromatic carbocycles. The van der Waals surface area contributed by atoms with Gasteiger partial charge in [0.15, 0.2) is 0 Å². The second kappa shape index (κ2) is 14.4. The van der Waals surface area contributed by atoms with Gasteiger partial charge in [-0.25, -0.2) is 9.59 Å². The van der Waals surface area contributed by atoms with Crippen molar-refractivity contribution in [3.8, 4) is 5.75 Å². The Hall–Kier alpha value is -2.95. The predicted molar refractivity (Wildman–Crippen MR) is 181 cm³/mol. The van der Waals surface area contributed by atoms with Crippen molar-refractivity contribution < 1.29 is 52.8 Å². The molecule has 0 aromatic heterocycles. The molecule has 46 heavy (non-hydrogen) atoms. The Labute approximate surface area is 295 Å². The summed E-state index contributed by atoms with van der Waals surface area (Å²) >= 11 is 3.79. The van der Waals surface area contributed by atoms with Crippen molar-refractivity contribution in [2.75, 3.05) is 19.8 Å². The zero-order chi connectivity index (χ0) is 34.7. The van der Waals surface area contributed by atoms with Crippen LogP contribution in [-0.4, -0.2) is 60.9 Å². The number of phenolic OH excluding ortho intramolecular Hbond substituents is 1. The van der Waals surface area contributed by atoms with E-state index in [-0.39, 0.29) is 37.6 Å². The fourth-order valence-corrected chi connectivity index (χ4v) is 6.77. The molecule has 2 aromatic rings. The number of carbonyl (C=O) groups is 5. The van der Waals surface area contributed by atoms with Crippen molar-refractivity contribution in [2.24, 2.45) is 16.2 Å². The number of ether oxygens (including phenoxy) is 5. The van der Waals surface area contributed by atoms with Crippen molar-refractivity contribution >= 4 is 75.0 Å². The number of cyclic esters (lactones) is 1. The van der Waals surface area contributed by atoms with Gasteiger partial charge in [-0.05, 0) is 111 Å². The van der Waals surface area contributed by atoms with Crippen molar-refractivity contribution in [1.82, 2.24) is 0 Å². The largest absolute Gasteiger partial charge is 0.506 e. The van der Waals surface area contributed by atoms with Gasteiger partial charge in [0.25, 0.3) is 0 Å². The minimum atomic E-state index is -1.94. The van der Waals surface area contributed by atoms with E-state index in [2.05, 4.69) is 0 Å². The minimum Gasteiger partial charge on any atom is -0.506 e. The number of hydrogen-bond acceptors (Lipinski definition) is 11. The number of rotatable bonds is 12. The molecule has 13 heteroatoms. The van der Waals surface area contributed by atoms with Gasteiger partial charge in [-0.3, -0.25) is 14.4 Å². The molecule has 0 radical (unpaired) electrons. The van der Waals surface area contributed by atoms with Gasteiger partial charge in [0.1, 0.15) is 24.6 Å². The van der Waals surface area contributed by atoms with Crippen LogP contribution >= 0.6 is 45.2 Å². The molecular weight excluding hydrogens is 826 g/mol. The average Bonchev–Trinajstić information content (AvgIpc) is 3.40. The smallest absolute Gasteiger partial charge is 0.347 e. The molecular formula is C33H38I2O11. The molecule has 1 aliphatic heterocycles. The Morgan fingerprint density at radius 2 is 1.39 bits per heavy atom. The third kappa shape index (κ3) is 7.60. The van der Waals surface area contributed by atoms with Crippen LogP contribution in [0.5, 0.6) is 5.75 Å². The number of halogens is 2. The lowest BCUT2D eigenvalue weighted by Gasteiger charge is -2.49. The molecule has 3 rings (SSSR count). The first-order valence-electron chi connectivity index (χ1n) is 14.5. The third-order valence-electron chi connectivity index (χ3n) is 8.68. The molecule has 1 saturated heterocycles. The zero-order valence-electron chi connectivity index (χ0n) is 26.7. The van der Waals surface area contributed by atoms with E-state index in [1.807, 2.05) is 51.2 Å². The summed E-state index contributed by atoms with van der Waals surface area (Å²) in [6, 6.07) is 12.0. The predicted octanol–water partition coefficient (Wildman–Crippen LogP) is 5.70. The zero-order valence-corrected chi connectivity index (χ0v) is 31.0. The summed E-state index contributed by atoms with van der Waals surface area (Å²) in [4.78, 5) is 66.4. The lowest BCUT2D eigenvalue weighted by atomic mass is 9.53. The fourth-order valence-electron chi connectivity index (χ4n) is 5.00. The van der Waals surface area contributed by atoms with Crippen LogP contribution in [-0.2, 0) is 48.5 Å². The van der Waals surface area contributed by atoms with Crippen LogP contribution in [0.3, 0.4) is 0 Å². The van der Waals surface area contributed by atoms with E-state index in [1.54, 1.807) is 38.1 Å². The first-order valence-corrected chi connectivity index (χ1v) is 16.6. The van der Waals surface area contributed by atoms with E-state index in [9.17, 15) is 29.1 Å². The van der Waals surface area contributed by atoms with Gasteiger partial charge in [0.05, 0.1) is 35.6 Å². The van der Waals surface area contributed by atoms with E-state index in [4.69, 9.17) is 23.7 Å². The Bertz CT molecular complexity index is 1480. The Morgan fingerprint density at radius 1 is 0.848 bits per heavy atom. The average molecular weight is 864 g/mol. The van der Waals surface area contributed by atoms with Crippen LogP contribution in [0, 0.1) is 23.4 Å². The molecule has 1 fully saturated rings. The van der Waals surface area contributed by atoms with Crippen LogP contribution < -0.4 is 0 Å². The minimum absolute atomic E-state index is 0.0516. The quantitative estimate of drug-likeness (QED) is 0.121. The molecule has 11 nitrogen and oxygen atoms in total. The maximum Gasteiger partial charge on any atom is 0.347 e. The lowest BCUT2D eigenvalue weighted by Crippen LogP contribution is -2.60. The number of hydrogen-bond donors (Lipinski definition) is 1. The highest BCUT2D eigenvalue weighted by Gasteiger charge is 2.66. The summed E-state index contributed by atoms with van der Waals surface area (Å²) in [7, 11) is 0. The van der Waals surface area contributed by atoms with Crippen LogP contribution in [0.4, 0.5) is 0 Å². The highest BCUT2D eigenvalue weighted by Crippen LogP contribution is 2.54. The van der Waals surface area contributed by atoms with Crippen molar-refractivity contribution in [3.05, 3.63) is 60.7 Å². The fraction of sp³-hybridized carbons (Fsp3) is 0.485. The second-order valence-electron chi connectivity index (χ2n) is 12.6. The highest BCUT2D eigenvalue weighted by atomic mass is 127. The molecule has 0 amide bonds. The monoisotopic (exact) mass is 864 g/mol. The first kappa shape index (κ1) is 37.5. The molecule has 0 aliphatic carbocycles. The van der Waals surface area contributed by atoms with Gasteiger partial charge in [0.2, 0.25) is 6.10 Å². The van der Waals surface area contributed by atoms with Crippen molar-refractivity contribution in [1.29, 1.82) is 0 Å². The Kier molecular flexibility index (Phi) is 11.8. The summed E-state index contributed by atoms with van der Waals surface area (Å²) in [6.07, 6.45) is -1.07. The number of carbonyl (C=O) groups excluding carboxylic acids is 5. The van der Waals surface area contributed by atoms with Gasteiger partial charge in [0, 0.05) is 6.42 Å². The van der Waals surface area contributed by atoms with E-state index in [1.165, 1.54) is 46.8 Å².